The highest BCUT2D eigenvalue weighted by molar-refractivity contribution is 9.10. The summed E-state index contributed by atoms with van der Waals surface area (Å²) in [6.45, 7) is 2.23. The highest BCUT2D eigenvalue weighted by atomic mass is 79.9. The van der Waals surface area contributed by atoms with E-state index in [4.69, 9.17) is 10.5 Å². The van der Waals surface area contributed by atoms with Gasteiger partial charge in [0.1, 0.15) is 18.3 Å². The van der Waals surface area contributed by atoms with Crippen LogP contribution in [0.15, 0.2) is 53.0 Å². The van der Waals surface area contributed by atoms with Crippen LogP contribution in [0.3, 0.4) is 0 Å². The molecule has 1 atom stereocenters. The molecule has 182 valence electrons. The van der Waals surface area contributed by atoms with Crippen molar-refractivity contribution in [3.05, 3.63) is 64.1 Å². The molecule has 0 heterocycles. The van der Waals surface area contributed by atoms with E-state index in [0.29, 0.717) is 11.6 Å². The van der Waals surface area contributed by atoms with Crippen LogP contribution in [0, 0.1) is 5.92 Å². The number of benzene rings is 2. The van der Waals surface area contributed by atoms with Crippen LogP contribution in [0.4, 0.5) is 4.79 Å². The topological polar surface area (TPSA) is 139 Å². The molecule has 0 bridgehead atoms. The number of amides is 1. The van der Waals surface area contributed by atoms with Gasteiger partial charge < -0.3 is 26.0 Å². The van der Waals surface area contributed by atoms with E-state index < -0.39 is 18.1 Å². The van der Waals surface area contributed by atoms with Crippen LogP contribution in [-0.2, 0) is 20.9 Å². The lowest BCUT2D eigenvalue weighted by molar-refractivity contribution is -0.137. The number of carboxylic acids is 1. The first-order valence-corrected chi connectivity index (χ1v) is 11.7. The summed E-state index contributed by atoms with van der Waals surface area (Å²) in [5.74, 6) is 0.974. The van der Waals surface area contributed by atoms with Crippen molar-refractivity contribution in [3.8, 4) is 5.75 Å². The van der Waals surface area contributed by atoms with Crippen molar-refractivity contribution in [1.29, 1.82) is 0 Å². The molecule has 3 rings (SSSR count). The SMILES string of the molecule is CC1CCC(N)CC1.O=C=C(c1ccc(O)cc1)[C@H](NC(=O)OCc1ccccc1Br)C(=O)O. The van der Waals surface area contributed by atoms with Crippen LogP contribution in [0.25, 0.3) is 5.57 Å². The second-order valence-corrected chi connectivity index (χ2v) is 9.02. The van der Waals surface area contributed by atoms with Gasteiger partial charge in [-0.2, -0.15) is 0 Å². The monoisotopic (exact) mass is 532 g/mol. The predicted molar refractivity (Wildman–Crippen MR) is 132 cm³/mol. The minimum atomic E-state index is -1.65. The number of nitrogens with two attached hydrogens (primary N) is 1. The number of rotatable bonds is 6. The smallest absolute Gasteiger partial charge is 0.408 e. The van der Waals surface area contributed by atoms with Gasteiger partial charge in [-0.05, 0) is 55.4 Å². The Morgan fingerprint density at radius 3 is 2.29 bits per heavy atom. The van der Waals surface area contributed by atoms with Crippen LogP contribution in [0.1, 0.15) is 43.7 Å². The number of carboxylic acid groups (broad SMARTS) is 1. The lowest BCUT2D eigenvalue weighted by atomic mass is 9.88. The molecule has 1 aliphatic carbocycles. The Morgan fingerprint density at radius 1 is 1.15 bits per heavy atom. The molecule has 0 unspecified atom stereocenters. The highest BCUT2D eigenvalue weighted by Crippen LogP contribution is 2.22. The lowest BCUT2D eigenvalue weighted by Crippen LogP contribution is -2.42. The molecule has 0 aliphatic heterocycles. The maximum Gasteiger partial charge on any atom is 0.408 e. The normalized spacial score (nSPS) is 17.9. The molecule has 34 heavy (non-hydrogen) atoms. The molecule has 1 aliphatic rings. The largest absolute Gasteiger partial charge is 0.508 e. The molecule has 1 fully saturated rings. The van der Waals surface area contributed by atoms with Crippen LogP contribution in [0.2, 0.25) is 0 Å². The third kappa shape index (κ3) is 8.67. The van der Waals surface area contributed by atoms with E-state index in [1.165, 1.54) is 55.9 Å². The molecular formula is C25H29BrN2O6. The number of hydrogen-bond acceptors (Lipinski definition) is 6. The van der Waals surface area contributed by atoms with E-state index in [9.17, 15) is 24.6 Å². The average molecular weight is 533 g/mol. The Kier molecular flexibility index (Phi) is 10.8. The van der Waals surface area contributed by atoms with E-state index in [1.54, 1.807) is 24.3 Å². The summed E-state index contributed by atoms with van der Waals surface area (Å²) >= 11 is 3.31. The van der Waals surface area contributed by atoms with Crippen molar-refractivity contribution < 1.29 is 29.3 Å². The van der Waals surface area contributed by atoms with E-state index in [2.05, 4.69) is 28.2 Å². The third-order valence-electron chi connectivity index (χ3n) is 5.46. The molecule has 2 aromatic carbocycles. The van der Waals surface area contributed by atoms with Crippen molar-refractivity contribution >= 4 is 39.5 Å². The minimum Gasteiger partial charge on any atom is -0.508 e. The first kappa shape index (κ1) is 27.1. The summed E-state index contributed by atoms with van der Waals surface area (Å²) in [6.07, 6.45) is 4.20. The maximum absolute atomic E-state index is 12.0. The minimum absolute atomic E-state index is 0.0494. The molecule has 8 nitrogen and oxygen atoms in total. The summed E-state index contributed by atoms with van der Waals surface area (Å²) in [6, 6.07) is 11.2. The molecule has 0 radical (unpaired) electrons. The quantitative estimate of drug-likeness (QED) is 0.407. The van der Waals surface area contributed by atoms with Crippen LogP contribution >= 0.6 is 15.9 Å². The van der Waals surface area contributed by atoms with Crippen molar-refractivity contribution in [3.63, 3.8) is 0 Å². The Bertz CT molecular complexity index is 1000. The number of alkyl carbamates (subject to hydrolysis) is 1. The van der Waals surface area contributed by atoms with Gasteiger partial charge in [-0.25, -0.2) is 14.4 Å². The summed E-state index contributed by atoms with van der Waals surface area (Å²) in [4.78, 5) is 34.7. The zero-order valence-corrected chi connectivity index (χ0v) is 20.5. The van der Waals surface area contributed by atoms with Gasteiger partial charge in [0.25, 0.3) is 0 Å². The molecule has 1 saturated carbocycles. The summed E-state index contributed by atoms with van der Waals surface area (Å²) in [5.41, 5.74) is 6.30. The number of halogens is 1. The standard InChI is InChI=1S/C18H14BrNO6.C7H15N/c19-15-4-2-1-3-12(15)10-26-18(25)20-16(17(23)24)14(9-21)11-5-7-13(22)8-6-11;1-6-2-4-7(8)5-3-6/h1-8,16,22H,10H2,(H,20,25)(H,23,24);6-7H,2-5,8H2,1H3/t16-;/m0./s1. The van der Waals surface area contributed by atoms with Crippen molar-refractivity contribution in [2.45, 2.75) is 51.3 Å². The molecular weight excluding hydrogens is 504 g/mol. The Balaban J connectivity index is 0.000000430. The predicted octanol–water partition coefficient (Wildman–Crippen LogP) is 4.27. The van der Waals surface area contributed by atoms with E-state index >= 15 is 0 Å². The number of nitrogens with one attached hydrogen (secondary N) is 1. The Labute approximate surface area is 206 Å². The molecule has 5 N–H and O–H groups in total. The van der Waals surface area contributed by atoms with Gasteiger partial charge in [-0.15, -0.1) is 0 Å². The van der Waals surface area contributed by atoms with Crippen LogP contribution in [0.5, 0.6) is 5.75 Å². The number of hydrogen-bond donors (Lipinski definition) is 4. The Morgan fingerprint density at radius 2 is 1.76 bits per heavy atom. The first-order chi connectivity index (χ1) is 16.2. The summed E-state index contributed by atoms with van der Waals surface area (Å²) in [7, 11) is 0. The van der Waals surface area contributed by atoms with Gasteiger partial charge in [0.15, 0.2) is 6.04 Å². The van der Waals surface area contributed by atoms with E-state index in [-0.39, 0.29) is 23.5 Å². The Hall–Kier alpha value is -3.13. The molecule has 0 saturated heterocycles. The summed E-state index contributed by atoms with van der Waals surface area (Å²) < 4.78 is 5.75. The fourth-order valence-corrected chi connectivity index (χ4v) is 3.79. The molecule has 1 amide bonds. The highest BCUT2D eigenvalue weighted by Gasteiger charge is 2.27. The van der Waals surface area contributed by atoms with Gasteiger partial charge in [0.2, 0.25) is 0 Å². The van der Waals surface area contributed by atoms with Crippen molar-refractivity contribution in [2.24, 2.45) is 11.7 Å². The average Bonchev–Trinajstić information content (AvgIpc) is 2.81. The van der Waals surface area contributed by atoms with Crippen LogP contribution < -0.4 is 11.1 Å². The van der Waals surface area contributed by atoms with Gasteiger partial charge in [-0.1, -0.05) is 53.2 Å². The zero-order chi connectivity index (χ0) is 25.1. The van der Waals surface area contributed by atoms with Crippen molar-refractivity contribution in [2.75, 3.05) is 0 Å². The van der Waals surface area contributed by atoms with E-state index in [0.717, 1.165) is 10.4 Å². The van der Waals surface area contributed by atoms with Gasteiger partial charge in [-0.3, -0.25) is 0 Å². The van der Waals surface area contributed by atoms with Crippen LogP contribution in [-0.4, -0.2) is 40.3 Å². The van der Waals surface area contributed by atoms with Gasteiger partial charge >= 0.3 is 12.1 Å². The number of phenolic OH excluding ortho intramolecular Hbond substituents is 1. The fourth-order valence-electron chi connectivity index (χ4n) is 3.39. The molecule has 0 spiro atoms. The number of aliphatic carboxylic acids is 1. The summed E-state index contributed by atoms with van der Waals surface area (Å²) in [5, 5.41) is 20.8. The second-order valence-electron chi connectivity index (χ2n) is 8.17. The number of aromatic hydroxyl groups is 1. The number of phenols is 1. The van der Waals surface area contributed by atoms with Crippen molar-refractivity contribution in [1.82, 2.24) is 5.32 Å². The van der Waals surface area contributed by atoms with Gasteiger partial charge in [0.05, 0.1) is 5.57 Å². The second kappa shape index (κ2) is 13.5. The first-order valence-electron chi connectivity index (χ1n) is 10.9. The fraction of sp³-hybridized carbons (Fsp3) is 0.360. The third-order valence-corrected chi connectivity index (χ3v) is 6.24. The van der Waals surface area contributed by atoms with Gasteiger partial charge in [0, 0.05) is 16.1 Å². The molecule has 0 aromatic heterocycles. The number of carbonyl (C=O) groups is 2. The maximum atomic E-state index is 12.0. The lowest BCUT2D eigenvalue weighted by Gasteiger charge is -2.22. The molecule has 9 heteroatoms. The zero-order valence-electron chi connectivity index (χ0n) is 18.9. The number of carbonyl (C=O) groups excluding carboxylic acids is 2. The molecule has 2 aromatic rings. The number of ether oxygens (including phenoxy) is 1. The van der Waals surface area contributed by atoms with E-state index in [1.807, 2.05) is 0 Å².